The highest BCUT2D eigenvalue weighted by molar-refractivity contribution is 6.36. The minimum atomic E-state index is -0.465. The van der Waals surface area contributed by atoms with Crippen LogP contribution in [0.5, 0.6) is 5.88 Å². The quantitative estimate of drug-likeness (QED) is 0.162. The number of nitrogens with zero attached hydrogens (tertiary/aromatic N) is 6. The average Bonchev–Trinajstić information content (AvgIpc) is 3.79. The lowest BCUT2D eigenvalue weighted by Gasteiger charge is -2.17. The normalized spacial score (nSPS) is 14.9. The van der Waals surface area contributed by atoms with Crippen molar-refractivity contribution in [1.82, 2.24) is 39.6 Å². The van der Waals surface area contributed by atoms with E-state index in [1.54, 1.807) is 26.0 Å². The fourth-order valence-electron chi connectivity index (χ4n) is 7.09. The number of benzene rings is 2. The second kappa shape index (κ2) is 16.4. The van der Waals surface area contributed by atoms with Crippen molar-refractivity contribution in [3.63, 3.8) is 0 Å². The van der Waals surface area contributed by atoms with Crippen LogP contribution in [0.25, 0.3) is 33.4 Å². The van der Waals surface area contributed by atoms with E-state index in [0.717, 1.165) is 70.4 Å². The number of fused-ring (bicyclic) bond motifs is 2. The van der Waals surface area contributed by atoms with Crippen LogP contribution in [0.15, 0.2) is 52.1 Å². The third kappa shape index (κ3) is 7.54. The van der Waals surface area contributed by atoms with Gasteiger partial charge in [-0.1, -0.05) is 41.9 Å². The number of aliphatic hydroxyl groups excluding tert-OH is 1. The van der Waals surface area contributed by atoms with Crippen molar-refractivity contribution >= 4 is 40.2 Å². The van der Waals surface area contributed by atoms with Gasteiger partial charge in [0.05, 0.1) is 24.4 Å². The number of methoxy groups -OCH3 is 1. The third-order valence-electron chi connectivity index (χ3n) is 9.98. The molecule has 0 spiro atoms. The Balaban J connectivity index is 0.000000325. The molecule has 5 aromatic rings. The summed E-state index contributed by atoms with van der Waals surface area (Å²) in [7, 11) is 6.58. The van der Waals surface area contributed by atoms with Gasteiger partial charge in [-0.15, -0.1) is 0 Å². The van der Waals surface area contributed by atoms with Crippen LogP contribution in [0.2, 0.25) is 5.02 Å². The summed E-state index contributed by atoms with van der Waals surface area (Å²) < 4.78 is 8.03. The number of ether oxygens (including phenoxy) is 1. The molecular weight excluding hydrogens is 710 g/mol. The molecule has 0 bridgehead atoms. The molecule has 1 atom stereocenters. The van der Waals surface area contributed by atoms with Crippen molar-refractivity contribution < 1.29 is 14.6 Å². The molecule has 7 rings (SSSR count). The van der Waals surface area contributed by atoms with Crippen LogP contribution in [0.1, 0.15) is 35.4 Å². The van der Waals surface area contributed by atoms with E-state index in [9.17, 15) is 14.4 Å². The number of pyridine rings is 1. The molecule has 2 amide bonds. The Kier molecular flexibility index (Phi) is 11.6. The summed E-state index contributed by atoms with van der Waals surface area (Å²) in [4.78, 5) is 52.2. The molecule has 1 unspecified atom stereocenters. The Morgan fingerprint density at radius 1 is 1.00 bits per heavy atom. The molecule has 2 aromatic carbocycles. The van der Waals surface area contributed by atoms with Crippen LogP contribution < -0.4 is 31.9 Å². The van der Waals surface area contributed by atoms with Crippen molar-refractivity contribution in [3.8, 4) is 28.3 Å². The number of urea groups is 1. The lowest BCUT2D eigenvalue weighted by atomic mass is 9.96. The van der Waals surface area contributed by atoms with Crippen LogP contribution in [0.3, 0.4) is 0 Å². The summed E-state index contributed by atoms with van der Waals surface area (Å²) in [6, 6.07) is 14.1. The van der Waals surface area contributed by atoms with Crippen molar-refractivity contribution in [2.24, 2.45) is 14.1 Å². The van der Waals surface area contributed by atoms with E-state index < -0.39 is 11.2 Å². The number of hydrogen-bond donors (Lipinski definition) is 4. The fourth-order valence-corrected chi connectivity index (χ4v) is 7.42. The molecule has 1 saturated heterocycles. The SMILES string of the molecule is CNCCC1CN(CCO)C(=O)N1.COc1nc(-c2cccc(-c3cccc(Nc4nc(C)nc5c4c(=O)n(C)c(=O)n5C)c3C)c2Cl)cc2c1CCC2. The molecule has 1 aliphatic carbocycles. The van der Waals surface area contributed by atoms with Crippen LogP contribution in [0.4, 0.5) is 16.3 Å². The maximum absolute atomic E-state index is 13.1. The Bertz CT molecular complexity index is 2340. The van der Waals surface area contributed by atoms with Gasteiger partial charge in [-0.25, -0.2) is 24.5 Å². The zero-order chi connectivity index (χ0) is 38.7. The summed E-state index contributed by atoms with van der Waals surface area (Å²) in [5.74, 6) is 1.43. The number of rotatable bonds is 10. The molecule has 1 aliphatic heterocycles. The Morgan fingerprint density at radius 2 is 1.74 bits per heavy atom. The minimum Gasteiger partial charge on any atom is -0.481 e. The van der Waals surface area contributed by atoms with E-state index >= 15 is 0 Å². The number of hydrogen-bond acceptors (Lipinski definition) is 10. The molecular formula is C39H46ClN9O5. The zero-order valence-corrected chi connectivity index (χ0v) is 32.2. The maximum atomic E-state index is 13.1. The first-order valence-electron chi connectivity index (χ1n) is 17.9. The fraction of sp³-hybridized carbons (Fsp3) is 0.385. The standard InChI is InChI=1S/C31H29ClN6O3.C8H17N3O2/c1-16-19(21-12-7-13-22(26(21)32)24-15-18-9-6-11-20(18)29(36-24)41-5)10-8-14-23(16)35-27-25-28(34-17(2)33-27)37(3)31(40)38(4)30(25)39;1-9-3-2-7-6-11(4-5-12)8(13)10-7/h7-8,10,12-15H,6,9,11H2,1-5H3,(H,33,34,35);7,9,12H,2-6H2,1H3,(H,10,13). The first kappa shape index (κ1) is 38.4. The van der Waals surface area contributed by atoms with E-state index in [1.807, 2.05) is 50.4 Å². The topological polar surface area (TPSA) is 169 Å². The van der Waals surface area contributed by atoms with E-state index in [0.29, 0.717) is 35.6 Å². The summed E-state index contributed by atoms with van der Waals surface area (Å²) in [6.07, 6.45) is 4.00. The van der Waals surface area contributed by atoms with Gasteiger partial charge in [0.2, 0.25) is 5.88 Å². The van der Waals surface area contributed by atoms with E-state index in [1.165, 1.54) is 22.7 Å². The van der Waals surface area contributed by atoms with Gasteiger partial charge in [-0.3, -0.25) is 13.9 Å². The minimum absolute atomic E-state index is 0.0339. The van der Waals surface area contributed by atoms with Crippen LogP contribution in [-0.4, -0.2) is 86.6 Å². The van der Waals surface area contributed by atoms with Gasteiger partial charge in [-0.05, 0) is 81.9 Å². The highest BCUT2D eigenvalue weighted by Crippen LogP contribution is 2.41. The molecule has 14 nitrogen and oxygen atoms in total. The second-order valence-electron chi connectivity index (χ2n) is 13.5. The predicted octanol–water partition coefficient (Wildman–Crippen LogP) is 4.25. The summed E-state index contributed by atoms with van der Waals surface area (Å²) in [5.41, 5.74) is 6.85. The number of β-amino-alcohol motifs (C(OH)–C–C–N with tert-alkyl or cyclic N) is 1. The van der Waals surface area contributed by atoms with E-state index in [2.05, 4.69) is 32.0 Å². The molecule has 0 radical (unpaired) electrons. The number of carbonyl (C=O) groups is 1. The molecule has 1 fully saturated rings. The summed E-state index contributed by atoms with van der Waals surface area (Å²) >= 11 is 7.08. The molecule has 3 aromatic heterocycles. The molecule has 4 N–H and O–H groups in total. The largest absolute Gasteiger partial charge is 0.481 e. The number of anilines is 2. The number of aryl methyl sites for hydroxylation is 3. The molecule has 4 heterocycles. The molecule has 15 heteroatoms. The van der Waals surface area contributed by atoms with Gasteiger partial charge in [0.15, 0.2) is 5.65 Å². The average molecular weight is 756 g/mol. The lowest BCUT2D eigenvalue weighted by Crippen LogP contribution is -2.37. The van der Waals surface area contributed by atoms with Crippen molar-refractivity contribution in [2.75, 3.05) is 45.7 Å². The van der Waals surface area contributed by atoms with Gasteiger partial charge < -0.3 is 30.7 Å². The maximum Gasteiger partial charge on any atom is 0.332 e. The number of aliphatic hydroxyl groups is 1. The van der Waals surface area contributed by atoms with Gasteiger partial charge >= 0.3 is 11.7 Å². The molecule has 284 valence electrons. The van der Waals surface area contributed by atoms with Crippen LogP contribution in [0, 0.1) is 13.8 Å². The highest BCUT2D eigenvalue weighted by Gasteiger charge is 2.27. The molecule has 0 saturated carbocycles. The Labute approximate surface area is 318 Å². The number of amides is 2. The lowest BCUT2D eigenvalue weighted by molar-refractivity contribution is 0.196. The van der Waals surface area contributed by atoms with Gasteiger partial charge in [-0.2, -0.15) is 0 Å². The van der Waals surface area contributed by atoms with E-state index in [-0.39, 0.29) is 29.7 Å². The molecule has 54 heavy (non-hydrogen) atoms. The van der Waals surface area contributed by atoms with Gasteiger partial charge in [0.25, 0.3) is 5.56 Å². The van der Waals surface area contributed by atoms with Crippen LogP contribution in [-0.2, 0) is 26.9 Å². The van der Waals surface area contributed by atoms with Crippen molar-refractivity contribution in [2.45, 2.75) is 45.6 Å². The van der Waals surface area contributed by atoms with Crippen LogP contribution >= 0.6 is 11.6 Å². The zero-order valence-electron chi connectivity index (χ0n) is 31.4. The number of halogens is 1. The monoisotopic (exact) mass is 755 g/mol. The van der Waals surface area contributed by atoms with E-state index in [4.69, 9.17) is 26.4 Å². The van der Waals surface area contributed by atoms with Gasteiger partial charge in [0.1, 0.15) is 17.0 Å². The molecule has 2 aliphatic rings. The van der Waals surface area contributed by atoms with Crippen molar-refractivity contribution in [3.05, 3.63) is 90.8 Å². The van der Waals surface area contributed by atoms with Crippen molar-refractivity contribution in [1.29, 1.82) is 0 Å². The first-order valence-corrected chi connectivity index (χ1v) is 18.3. The predicted molar refractivity (Wildman–Crippen MR) is 211 cm³/mol. The smallest absolute Gasteiger partial charge is 0.332 e. The Morgan fingerprint density at radius 3 is 2.48 bits per heavy atom. The van der Waals surface area contributed by atoms with Gasteiger partial charge in [0, 0.05) is 55.6 Å². The second-order valence-corrected chi connectivity index (χ2v) is 13.9. The highest BCUT2D eigenvalue weighted by atomic mass is 35.5. The first-order chi connectivity index (χ1) is 26.0. The third-order valence-corrected chi connectivity index (χ3v) is 10.4. The number of carbonyl (C=O) groups excluding carboxylic acids is 1. The summed E-state index contributed by atoms with van der Waals surface area (Å²) in [6.45, 7) is 5.79. The number of aromatic nitrogens is 5. The number of nitrogens with one attached hydrogen (secondary N) is 3. The Hall–Kier alpha value is -5.31. The summed E-state index contributed by atoms with van der Waals surface area (Å²) in [5, 5.41) is 18.7.